The maximum Gasteiger partial charge on any atom is 0.0651 e. The number of nitrogens with zero attached hydrogens (tertiary/aromatic N) is 3. The Labute approximate surface area is 262 Å². The van der Waals surface area contributed by atoms with Gasteiger partial charge in [0.05, 0.1) is 44.3 Å². The fraction of sp³-hybridized carbons (Fsp3) is 0. The standard InChI is InChI=1S/C41H25N3S/c1-5-18-35-29(11-1)30-12-2-6-19-36(30)43(35)27-23-26(24-42-25-27)28-15-9-16-33-34-17-10-22-39(41(34)45-40(28)33)44-37-20-7-3-13-31(37)32-14-4-8-21-38(32)44/h1-25H. The number of benzene rings is 6. The molecular formula is C41H25N3S. The molecule has 6 aromatic carbocycles. The quantitative estimate of drug-likeness (QED) is 0.200. The Morgan fingerprint density at radius 3 is 1.51 bits per heavy atom. The van der Waals surface area contributed by atoms with Crippen molar-refractivity contribution in [2.75, 3.05) is 0 Å². The Morgan fingerprint density at radius 2 is 0.911 bits per heavy atom. The summed E-state index contributed by atoms with van der Waals surface area (Å²) in [5, 5.41) is 7.62. The molecule has 0 unspecified atom stereocenters. The third-order valence-electron chi connectivity index (χ3n) is 9.20. The highest BCUT2D eigenvalue weighted by molar-refractivity contribution is 7.26. The van der Waals surface area contributed by atoms with Gasteiger partial charge in [0.25, 0.3) is 0 Å². The van der Waals surface area contributed by atoms with E-state index in [0.29, 0.717) is 0 Å². The Balaban J connectivity index is 1.21. The SMILES string of the molecule is c1cc(-c2cncc(-n3c4ccccc4c4ccccc43)c2)c2sc3c(-n4c5ccccc5c5ccccc54)cccc3c2c1. The molecule has 0 radical (unpaired) electrons. The number of hydrogen-bond donors (Lipinski definition) is 0. The molecule has 0 bridgehead atoms. The van der Waals surface area contributed by atoms with Crippen molar-refractivity contribution in [2.24, 2.45) is 0 Å². The van der Waals surface area contributed by atoms with Crippen LogP contribution in [0.3, 0.4) is 0 Å². The third-order valence-corrected chi connectivity index (χ3v) is 10.5. The monoisotopic (exact) mass is 591 g/mol. The molecule has 4 aromatic heterocycles. The zero-order valence-electron chi connectivity index (χ0n) is 24.2. The van der Waals surface area contributed by atoms with Crippen molar-refractivity contribution in [3.05, 3.63) is 152 Å². The Bertz CT molecular complexity index is 2670. The highest BCUT2D eigenvalue weighted by atomic mass is 32.1. The average molecular weight is 592 g/mol. The second-order valence-corrected chi connectivity index (χ2v) is 12.6. The molecule has 210 valence electrons. The molecule has 45 heavy (non-hydrogen) atoms. The molecule has 4 heterocycles. The summed E-state index contributed by atoms with van der Waals surface area (Å²) in [4.78, 5) is 4.80. The number of aromatic nitrogens is 3. The predicted octanol–water partition coefficient (Wildman–Crippen LogP) is 11.3. The van der Waals surface area contributed by atoms with Gasteiger partial charge in [0, 0.05) is 54.3 Å². The number of para-hydroxylation sites is 4. The van der Waals surface area contributed by atoms with Crippen molar-refractivity contribution in [2.45, 2.75) is 0 Å². The molecule has 0 saturated carbocycles. The van der Waals surface area contributed by atoms with Crippen molar-refractivity contribution in [1.29, 1.82) is 0 Å². The largest absolute Gasteiger partial charge is 0.308 e. The van der Waals surface area contributed by atoms with Crippen LogP contribution >= 0.6 is 11.3 Å². The van der Waals surface area contributed by atoms with Gasteiger partial charge in [-0.2, -0.15) is 0 Å². The van der Waals surface area contributed by atoms with Gasteiger partial charge in [0.2, 0.25) is 0 Å². The molecule has 0 amide bonds. The molecule has 0 aliphatic rings. The van der Waals surface area contributed by atoms with Gasteiger partial charge in [0.1, 0.15) is 0 Å². The molecule has 0 fully saturated rings. The Hall–Kier alpha value is -5.71. The second-order valence-electron chi connectivity index (χ2n) is 11.6. The van der Waals surface area contributed by atoms with Gasteiger partial charge in [0.15, 0.2) is 0 Å². The van der Waals surface area contributed by atoms with Crippen molar-refractivity contribution in [3.8, 4) is 22.5 Å². The van der Waals surface area contributed by atoms with Crippen LogP contribution < -0.4 is 0 Å². The molecular weight excluding hydrogens is 567 g/mol. The highest BCUT2D eigenvalue weighted by Gasteiger charge is 2.18. The highest BCUT2D eigenvalue weighted by Crippen LogP contribution is 2.44. The number of fused-ring (bicyclic) bond motifs is 9. The lowest BCUT2D eigenvalue weighted by Crippen LogP contribution is -1.95. The molecule has 0 aliphatic carbocycles. The number of pyridine rings is 1. The van der Waals surface area contributed by atoms with Gasteiger partial charge in [-0.25, -0.2) is 0 Å². The van der Waals surface area contributed by atoms with Crippen LogP contribution in [0.1, 0.15) is 0 Å². The van der Waals surface area contributed by atoms with E-state index >= 15 is 0 Å². The molecule has 0 saturated heterocycles. The summed E-state index contributed by atoms with van der Waals surface area (Å²) in [6.07, 6.45) is 3.98. The number of rotatable bonds is 3. The topological polar surface area (TPSA) is 22.8 Å². The summed E-state index contributed by atoms with van der Waals surface area (Å²) in [6.45, 7) is 0. The van der Waals surface area contributed by atoms with E-state index in [0.717, 1.165) is 11.3 Å². The lowest BCUT2D eigenvalue weighted by molar-refractivity contribution is 1.14. The van der Waals surface area contributed by atoms with Gasteiger partial charge < -0.3 is 9.13 Å². The Kier molecular flexibility index (Phi) is 5.16. The first-order chi connectivity index (χ1) is 22.3. The van der Waals surface area contributed by atoms with Crippen molar-refractivity contribution >= 4 is 75.1 Å². The van der Waals surface area contributed by atoms with Crippen LogP contribution in [0, 0.1) is 0 Å². The van der Waals surface area contributed by atoms with E-state index < -0.39 is 0 Å². The van der Waals surface area contributed by atoms with Crippen LogP contribution in [0.15, 0.2) is 152 Å². The lowest BCUT2D eigenvalue weighted by Gasteiger charge is -2.10. The lowest BCUT2D eigenvalue weighted by atomic mass is 10.0. The zero-order chi connectivity index (χ0) is 29.5. The maximum atomic E-state index is 4.80. The van der Waals surface area contributed by atoms with Crippen molar-refractivity contribution in [3.63, 3.8) is 0 Å². The fourth-order valence-electron chi connectivity index (χ4n) is 7.29. The first kappa shape index (κ1) is 24.7. The minimum absolute atomic E-state index is 1.06. The van der Waals surface area contributed by atoms with E-state index in [4.69, 9.17) is 4.98 Å². The van der Waals surface area contributed by atoms with Gasteiger partial charge in [-0.3, -0.25) is 4.98 Å². The minimum atomic E-state index is 1.06. The second kappa shape index (κ2) is 9.39. The first-order valence-corrected chi connectivity index (χ1v) is 16.0. The normalized spacial score (nSPS) is 12.0. The maximum absolute atomic E-state index is 4.80. The van der Waals surface area contributed by atoms with Crippen LogP contribution in [-0.2, 0) is 0 Å². The average Bonchev–Trinajstić information content (AvgIpc) is 3.76. The summed E-state index contributed by atoms with van der Waals surface area (Å²) >= 11 is 1.88. The van der Waals surface area contributed by atoms with E-state index in [1.54, 1.807) is 0 Å². The molecule has 10 aromatic rings. The molecule has 0 atom stereocenters. The van der Waals surface area contributed by atoms with E-state index in [2.05, 4.69) is 149 Å². The zero-order valence-corrected chi connectivity index (χ0v) is 25.0. The van der Waals surface area contributed by atoms with E-state index in [9.17, 15) is 0 Å². The van der Waals surface area contributed by atoms with Crippen molar-refractivity contribution in [1.82, 2.24) is 14.1 Å². The molecule has 10 rings (SSSR count). The van der Waals surface area contributed by atoms with Gasteiger partial charge in [-0.05, 0) is 36.4 Å². The summed E-state index contributed by atoms with van der Waals surface area (Å²) in [7, 11) is 0. The molecule has 3 nitrogen and oxygen atoms in total. The third kappa shape index (κ3) is 3.48. The predicted molar refractivity (Wildman–Crippen MR) is 191 cm³/mol. The smallest absolute Gasteiger partial charge is 0.0651 e. The van der Waals surface area contributed by atoms with Crippen molar-refractivity contribution < 1.29 is 0 Å². The Morgan fingerprint density at radius 1 is 0.422 bits per heavy atom. The van der Waals surface area contributed by atoms with Crippen LogP contribution in [-0.4, -0.2) is 14.1 Å². The van der Waals surface area contributed by atoms with Crippen LogP contribution in [0.25, 0.3) is 86.3 Å². The molecule has 0 aliphatic heterocycles. The minimum Gasteiger partial charge on any atom is -0.308 e. The van der Waals surface area contributed by atoms with E-state index in [1.807, 2.05) is 23.7 Å². The summed E-state index contributed by atoms with van der Waals surface area (Å²) in [6, 6.07) is 50.4. The summed E-state index contributed by atoms with van der Waals surface area (Å²) in [5.74, 6) is 0. The van der Waals surface area contributed by atoms with E-state index in [-0.39, 0.29) is 0 Å². The van der Waals surface area contributed by atoms with Gasteiger partial charge in [-0.1, -0.05) is 103 Å². The van der Waals surface area contributed by atoms with Crippen LogP contribution in [0.4, 0.5) is 0 Å². The molecule has 4 heteroatoms. The van der Waals surface area contributed by atoms with Crippen LogP contribution in [0.5, 0.6) is 0 Å². The number of thiophene rings is 1. The van der Waals surface area contributed by atoms with E-state index in [1.165, 1.54) is 75.0 Å². The fourth-order valence-corrected chi connectivity index (χ4v) is 8.63. The first-order valence-electron chi connectivity index (χ1n) is 15.2. The van der Waals surface area contributed by atoms with Gasteiger partial charge >= 0.3 is 0 Å². The molecule has 0 spiro atoms. The summed E-state index contributed by atoms with van der Waals surface area (Å²) in [5.41, 5.74) is 9.44. The number of hydrogen-bond acceptors (Lipinski definition) is 2. The van der Waals surface area contributed by atoms with Gasteiger partial charge in [-0.15, -0.1) is 11.3 Å². The summed E-state index contributed by atoms with van der Waals surface area (Å²) < 4.78 is 7.35. The van der Waals surface area contributed by atoms with Crippen LogP contribution in [0.2, 0.25) is 0 Å². The molecule has 0 N–H and O–H groups in total.